The van der Waals surface area contributed by atoms with Crippen molar-refractivity contribution >= 4 is 11.8 Å². The van der Waals surface area contributed by atoms with Crippen LogP contribution in [0.5, 0.6) is 0 Å². The molecule has 2 atom stereocenters. The predicted molar refractivity (Wildman–Crippen MR) is 109 cm³/mol. The summed E-state index contributed by atoms with van der Waals surface area (Å²) >= 11 is 0. The lowest BCUT2D eigenvalue weighted by molar-refractivity contribution is -0.136. The fourth-order valence-electron chi connectivity index (χ4n) is 4.26. The molecule has 31 heavy (non-hydrogen) atoms. The average Bonchev–Trinajstić information content (AvgIpc) is 3.17. The van der Waals surface area contributed by atoms with Gasteiger partial charge in [-0.05, 0) is 31.4 Å². The summed E-state index contributed by atoms with van der Waals surface area (Å²) in [5.74, 6) is -2.34. The first-order valence-corrected chi connectivity index (χ1v) is 10.5. The van der Waals surface area contributed by atoms with Gasteiger partial charge in [0.25, 0.3) is 5.91 Å². The van der Waals surface area contributed by atoms with Crippen molar-refractivity contribution in [3.05, 3.63) is 41.6 Å². The Bertz CT molecular complexity index is 973. The normalized spacial score (nSPS) is 22.1. The van der Waals surface area contributed by atoms with Crippen molar-refractivity contribution < 1.29 is 22.9 Å². The van der Waals surface area contributed by atoms with E-state index < -0.39 is 17.5 Å². The Morgan fingerprint density at radius 2 is 1.97 bits per heavy atom. The molecule has 166 valence electrons. The number of hydrogen-bond acceptors (Lipinski definition) is 5. The van der Waals surface area contributed by atoms with Crippen LogP contribution in [0.2, 0.25) is 0 Å². The zero-order valence-electron chi connectivity index (χ0n) is 17.6. The maximum atomic E-state index is 14.0. The van der Waals surface area contributed by atoms with E-state index in [1.165, 1.54) is 18.6 Å². The minimum atomic E-state index is -0.803. The van der Waals surface area contributed by atoms with Gasteiger partial charge in [0, 0.05) is 51.4 Å². The summed E-state index contributed by atoms with van der Waals surface area (Å²) < 4.78 is 32.2. The number of nitrogens with one attached hydrogen (secondary N) is 1. The van der Waals surface area contributed by atoms with Gasteiger partial charge in [0.05, 0.1) is 11.5 Å². The summed E-state index contributed by atoms with van der Waals surface area (Å²) in [5.41, 5.74) is -0.00128. The Balaban J connectivity index is 1.47. The van der Waals surface area contributed by atoms with Crippen LogP contribution >= 0.6 is 0 Å². The van der Waals surface area contributed by atoms with Gasteiger partial charge in [0.15, 0.2) is 11.5 Å². The van der Waals surface area contributed by atoms with Crippen molar-refractivity contribution in [3.63, 3.8) is 0 Å². The zero-order valence-corrected chi connectivity index (χ0v) is 17.6. The van der Waals surface area contributed by atoms with E-state index in [2.05, 4.69) is 15.4 Å². The third kappa shape index (κ3) is 4.46. The summed E-state index contributed by atoms with van der Waals surface area (Å²) in [4.78, 5) is 29.5. The van der Waals surface area contributed by atoms with Crippen LogP contribution < -0.4 is 5.32 Å². The minimum Gasteiger partial charge on any atom is -0.355 e. The summed E-state index contributed by atoms with van der Waals surface area (Å²) in [5, 5.41) is 6.65. The molecule has 1 aliphatic carbocycles. The summed E-state index contributed by atoms with van der Waals surface area (Å²) in [6.45, 7) is 1.43. The van der Waals surface area contributed by atoms with Crippen LogP contribution in [0.25, 0.3) is 11.3 Å². The predicted octanol–water partition coefficient (Wildman–Crippen LogP) is 2.68. The van der Waals surface area contributed by atoms with E-state index in [0.717, 1.165) is 31.5 Å². The van der Waals surface area contributed by atoms with Crippen LogP contribution in [0.15, 0.2) is 28.8 Å². The Morgan fingerprint density at radius 3 is 2.61 bits per heavy atom. The smallest absolute Gasteiger partial charge is 0.273 e. The van der Waals surface area contributed by atoms with Crippen molar-refractivity contribution in [1.82, 2.24) is 20.3 Å². The first-order valence-electron chi connectivity index (χ1n) is 10.5. The van der Waals surface area contributed by atoms with Gasteiger partial charge in [0.2, 0.25) is 5.91 Å². The number of likely N-dealkylation sites (tertiary alicyclic amines) is 1. The van der Waals surface area contributed by atoms with E-state index in [-0.39, 0.29) is 34.9 Å². The van der Waals surface area contributed by atoms with Gasteiger partial charge in [-0.2, -0.15) is 0 Å². The van der Waals surface area contributed by atoms with Crippen LogP contribution in [0, 0.1) is 17.6 Å². The zero-order chi connectivity index (χ0) is 22.1. The highest BCUT2D eigenvalue weighted by Crippen LogP contribution is 2.30. The number of carbonyl (C=O) groups excluding carboxylic acids is 2. The number of benzene rings is 1. The van der Waals surface area contributed by atoms with Gasteiger partial charge >= 0.3 is 0 Å². The number of aromatic nitrogens is 1. The lowest BCUT2D eigenvalue weighted by Crippen LogP contribution is -2.58. The van der Waals surface area contributed by atoms with Gasteiger partial charge in [-0.15, -0.1) is 0 Å². The molecule has 0 spiro atoms. The molecule has 2 fully saturated rings. The van der Waals surface area contributed by atoms with Crippen LogP contribution in [0.3, 0.4) is 0 Å². The van der Waals surface area contributed by atoms with Gasteiger partial charge in [0.1, 0.15) is 11.6 Å². The Kier molecular flexibility index (Phi) is 6.04. The average molecular weight is 432 g/mol. The van der Waals surface area contributed by atoms with Crippen LogP contribution in [-0.2, 0) is 4.79 Å². The quantitative estimate of drug-likeness (QED) is 0.786. The number of piperidine rings is 1. The summed E-state index contributed by atoms with van der Waals surface area (Å²) in [7, 11) is 3.43. The first-order chi connectivity index (χ1) is 14.8. The molecule has 1 N–H and O–H groups in total. The number of amides is 2. The van der Waals surface area contributed by atoms with Crippen molar-refractivity contribution in [2.75, 3.05) is 27.2 Å². The van der Waals surface area contributed by atoms with Crippen molar-refractivity contribution in [3.8, 4) is 11.3 Å². The van der Waals surface area contributed by atoms with E-state index in [9.17, 15) is 18.4 Å². The van der Waals surface area contributed by atoms with Crippen LogP contribution in [0.4, 0.5) is 8.78 Å². The molecular formula is C22H26F2N4O3. The van der Waals surface area contributed by atoms with Crippen molar-refractivity contribution in [2.45, 2.75) is 37.8 Å². The molecule has 2 aromatic rings. The topological polar surface area (TPSA) is 78.7 Å². The van der Waals surface area contributed by atoms with E-state index in [4.69, 9.17) is 4.52 Å². The maximum Gasteiger partial charge on any atom is 0.273 e. The molecule has 0 radical (unpaired) electrons. The molecule has 9 heteroatoms. The van der Waals surface area contributed by atoms with E-state index in [0.29, 0.717) is 19.0 Å². The third-order valence-corrected chi connectivity index (χ3v) is 6.25. The Morgan fingerprint density at radius 1 is 1.19 bits per heavy atom. The van der Waals surface area contributed by atoms with Crippen molar-refractivity contribution in [1.29, 1.82) is 0 Å². The molecule has 1 aromatic heterocycles. The first kappa shape index (κ1) is 21.4. The molecular weight excluding hydrogens is 406 g/mol. The van der Waals surface area contributed by atoms with Crippen LogP contribution in [-0.4, -0.2) is 66.0 Å². The molecule has 0 bridgehead atoms. The lowest BCUT2D eigenvalue weighted by atomic mass is 9.85. The molecule has 2 amide bonds. The number of hydrogen-bond donors (Lipinski definition) is 1. The monoisotopic (exact) mass is 432 g/mol. The van der Waals surface area contributed by atoms with Gasteiger partial charge in [-0.3, -0.25) is 14.5 Å². The largest absolute Gasteiger partial charge is 0.355 e. The van der Waals surface area contributed by atoms with E-state index in [1.54, 1.807) is 19.0 Å². The van der Waals surface area contributed by atoms with E-state index >= 15 is 0 Å². The molecule has 1 saturated heterocycles. The highest BCUT2D eigenvalue weighted by molar-refractivity contribution is 5.94. The molecule has 1 saturated carbocycles. The highest BCUT2D eigenvalue weighted by Gasteiger charge is 2.39. The van der Waals surface area contributed by atoms with Crippen LogP contribution in [0.1, 0.15) is 36.2 Å². The number of carbonyl (C=O) groups is 2. The standard InChI is InChI=1S/C22H26F2N4O3/c1-27(2)22(30)16-12-28(14-4-3-5-14)9-8-18(16)25-21(29)19-11-20(31-26-19)15-7-6-13(23)10-17(15)24/h6-7,10-11,14,16,18H,3-5,8-9,12H2,1-2H3,(H,25,29). The molecule has 2 heterocycles. The highest BCUT2D eigenvalue weighted by atomic mass is 19.1. The minimum absolute atomic E-state index is 0.0161. The molecule has 1 aromatic carbocycles. The molecule has 7 nitrogen and oxygen atoms in total. The molecule has 2 aliphatic rings. The third-order valence-electron chi connectivity index (χ3n) is 6.25. The Hall–Kier alpha value is -2.81. The summed E-state index contributed by atoms with van der Waals surface area (Å²) in [6.07, 6.45) is 4.18. The number of nitrogens with zero attached hydrogens (tertiary/aromatic N) is 3. The van der Waals surface area contributed by atoms with Gasteiger partial charge in [-0.1, -0.05) is 11.6 Å². The fourth-order valence-corrected chi connectivity index (χ4v) is 4.26. The molecule has 2 unspecified atom stereocenters. The van der Waals surface area contributed by atoms with Gasteiger partial charge in [-0.25, -0.2) is 8.78 Å². The SMILES string of the molecule is CN(C)C(=O)C1CN(C2CCC2)CCC1NC(=O)c1cc(-c2ccc(F)cc2F)on1. The Labute approximate surface area is 179 Å². The van der Waals surface area contributed by atoms with Crippen molar-refractivity contribution in [2.24, 2.45) is 5.92 Å². The second kappa shape index (κ2) is 8.74. The molecule has 1 aliphatic heterocycles. The van der Waals surface area contributed by atoms with Gasteiger partial charge < -0.3 is 14.7 Å². The fraction of sp³-hybridized carbons (Fsp3) is 0.500. The number of halogens is 2. The summed E-state index contributed by atoms with van der Waals surface area (Å²) in [6, 6.07) is 4.59. The second-order valence-electron chi connectivity index (χ2n) is 8.49. The number of rotatable bonds is 5. The molecule has 4 rings (SSSR count). The second-order valence-corrected chi connectivity index (χ2v) is 8.49. The lowest BCUT2D eigenvalue weighted by Gasteiger charge is -2.45. The van der Waals surface area contributed by atoms with E-state index in [1.807, 2.05) is 0 Å². The maximum absolute atomic E-state index is 14.0.